The lowest BCUT2D eigenvalue weighted by atomic mass is 10.1. The third-order valence-electron chi connectivity index (χ3n) is 3.65. The molecule has 8 heteroatoms. The van der Waals surface area contributed by atoms with Crippen LogP contribution in [0.5, 0.6) is 0 Å². The molecule has 2 aromatic carbocycles. The standard InChI is InChI=1S/C17H13ClN4O3/c1-11-2-4-13(9-14(11)18)20-17(23)12-3-5-15(16(8-12)22(24)25)21-7-6-19-10-21/h2-10H,1H3,(H,20,23). The molecule has 0 fully saturated rings. The predicted molar refractivity (Wildman–Crippen MR) is 94.4 cm³/mol. The van der Waals surface area contributed by atoms with Crippen LogP contribution in [0.15, 0.2) is 55.1 Å². The summed E-state index contributed by atoms with van der Waals surface area (Å²) in [5.41, 5.74) is 1.72. The lowest BCUT2D eigenvalue weighted by Gasteiger charge is -2.09. The number of anilines is 1. The molecule has 0 spiro atoms. The molecule has 0 unspecified atom stereocenters. The third kappa shape index (κ3) is 3.51. The third-order valence-corrected chi connectivity index (χ3v) is 4.05. The van der Waals surface area contributed by atoms with Crippen molar-refractivity contribution in [2.24, 2.45) is 0 Å². The lowest BCUT2D eigenvalue weighted by molar-refractivity contribution is -0.384. The molecule has 0 bridgehead atoms. The number of aromatic nitrogens is 2. The van der Waals surface area contributed by atoms with Crippen molar-refractivity contribution < 1.29 is 9.72 Å². The van der Waals surface area contributed by atoms with E-state index in [1.54, 1.807) is 24.4 Å². The monoisotopic (exact) mass is 356 g/mol. The molecule has 25 heavy (non-hydrogen) atoms. The van der Waals surface area contributed by atoms with Gasteiger partial charge in [0.1, 0.15) is 5.69 Å². The van der Waals surface area contributed by atoms with E-state index < -0.39 is 10.8 Å². The Bertz CT molecular complexity index is 955. The molecule has 3 aromatic rings. The van der Waals surface area contributed by atoms with Crippen LogP contribution in [-0.4, -0.2) is 20.4 Å². The molecule has 0 aliphatic heterocycles. The van der Waals surface area contributed by atoms with Crippen molar-refractivity contribution in [1.82, 2.24) is 9.55 Å². The molecule has 3 rings (SSSR count). The minimum absolute atomic E-state index is 0.173. The number of carbonyl (C=O) groups is 1. The number of halogens is 1. The summed E-state index contributed by atoms with van der Waals surface area (Å²) in [4.78, 5) is 27.1. The number of hydrogen-bond acceptors (Lipinski definition) is 4. The van der Waals surface area contributed by atoms with E-state index in [1.165, 1.54) is 35.3 Å². The number of imidazole rings is 1. The van der Waals surface area contributed by atoms with E-state index in [1.807, 2.05) is 6.92 Å². The van der Waals surface area contributed by atoms with Crippen LogP contribution >= 0.6 is 11.6 Å². The number of aryl methyl sites for hydroxylation is 1. The Labute approximate surface area is 148 Å². The molecule has 1 amide bonds. The predicted octanol–water partition coefficient (Wildman–Crippen LogP) is 3.99. The summed E-state index contributed by atoms with van der Waals surface area (Å²) in [5, 5.41) is 14.6. The minimum Gasteiger partial charge on any atom is -0.322 e. The molecule has 1 aromatic heterocycles. The zero-order valence-corrected chi connectivity index (χ0v) is 13.9. The van der Waals surface area contributed by atoms with Gasteiger partial charge in [-0.1, -0.05) is 17.7 Å². The van der Waals surface area contributed by atoms with Crippen molar-refractivity contribution in [3.8, 4) is 5.69 Å². The van der Waals surface area contributed by atoms with E-state index in [2.05, 4.69) is 10.3 Å². The number of benzene rings is 2. The van der Waals surface area contributed by atoms with E-state index in [0.717, 1.165) is 5.56 Å². The fourth-order valence-corrected chi connectivity index (χ4v) is 2.49. The summed E-state index contributed by atoms with van der Waals surface area (Å²) in [6.07, 6.45) is 4.57. The van der Waals surface area contributed by atoms with Gasteiger partial charge in [-0.05, 0) is 36.8 Å². The van der Waals surface area contributed by atoms with Gasteiger partial charge in [0.25, 0.3) is 11.6 Å². The van der Waals surface area contributed by atoms with Crippen LogP contribution < -0.4 is 5.32 Å². The first-order valence-electron chi connectivity index (χ1n) is 7.30. The van der Waals surface area contributed by atoms with Gasteiger partial charge in [-0.25, -0.2) is 4.98 Å². The molecule has 126 valence electrons. The summed E-state index contributed by atoms with van der Waals surface area (Å²) < 4.78 is 1.51. The first kappa shape index (κ1) is 16.7. The second-order valence-corrected chi connectivity index (χ2v) is 5.76. The van der Waals surface area contributed by atoms with E-state index in [4.69, 9.17) is 11.6 Å². The molecule has 0 atom stereocenters. The summed E-state index contributed by atoms with van der Waals surface area (Å²) >= 11 is 6.04. The van der Waals surface area contributed by atoms with Gasteiger partial charge in [-0.2, -0.15) is 0 Å². The molecule has 0 aliphatic carbocycles. The van der Waals surface area contributed by atoms with Crippen molar-refractivity contribution in [2.75, 3.05) is 5.32 Å². The Morgan fingerprint density at radius 1 is 1.28 bits per heavy atom. The number of amides is 1. The second-order valence-electron chi connectivity index (χ2n) is 5.35. The van der Waals surface area contributed by atoms with Gasteiger partial charge in [0.15, 0.2) is 0 Å². The largest absolute Gasteiger partial charge is 0.322 e. The van der Waals surface area contributed by atoms with Gasteiger partial charge in [-0.3, -0.25) is 14.9 Å². The summed E-state index contributed by atoms with van der Waals surface area (Å²) in [6.45, 7) is 1.85. The lowest BCUT2D eigenvalue weighted by Crippen LogP contribution is -2.13. The minimum atomic E-state index is -0.533. The Balaban J connectivity index is 1.91. The van der Waals surface area contributed by atoms with Crippen LogP contribution in [0.25, 0.3) is 5.69 Å². The van der Waals surface area contributed by atoms with E-state index >= 15 is 0 Å². The van der Waals surface area contributed by atoms with E-state index in [9.17, 15) is 14.9 Å². The molecular weight excluding hydrogens is 344 g/mol. The van der Waals surface area contributed by atoms with Gasteiger partial charge in [-0.15, -0.1) is 0 Å². The summed E-state index contributed by atoms with van der Waals surface area (Å²) in [5.74, 6) is -0.458. The quantitative estimate of drug-likeness (QED) is 0.565. The van der Waals surface area contributed by atoms with Crippen molar-refractivity contribution in [1.29, 1.82) is 0 Å². The topological polar surface area (TPSA) is 90.1 Å². The first-order chi connectivity index (χ1) is 12.0. The molecular formula is C17H13ClN4O3. The molecule has 0 saturated carbocycles. The van der Waals surface area contributed by atoms with Crippen molar-refractivity contribution in [3.63, 3.8) is 0 Å². The Morgan fingerprint density at radius 3 is 2.72 bits per heavy atom. The number of hydrogen-bond donors (Lipinski definition) is 1. The average molecular weight is 357 g/mol. The maximum absolute atomic E-state index is 12.4. The Kier molecular flexibility index (Phi) is 4.49. The molecule has 1 heterocycles. The zero-order chi connectivity index (χ0) is 18.0. The van der Waals surface area contributed by atoms with Crippen LogP contribution in [0.4, 0.5) is 11.4 Å². The van der Waals surface area contributed by atoms with E-state index in [-0.39, 0.29) is 11.3 Å². The fourth-order valence-electron chi connectivity index (χ4n) is 2.30. The fraction of sp³-hybridized carbons (Fsp3) is 0.0588. The smallest absolute Gasteiger partial charge is 0.294 e. The van der Waals surface area contributed by atoms with Gasteiger partial charge < -0.3 is 9.88 Å². The molecule has 1 N–H and O–H groups in total. The highest BCUT2D eigenvalue weighted by molar-refractivity contribution is 6.31. The summed E-state index contributed by atoms with van der Waals surface area (Å²) in [7, 11) is 0. The molecule has 0 radical (unpaired) electrons. The van der Waals surface area contributed by atoms with Crippen LogP contribution in [0, 0.1) is 17.0 Å². The van der Waals surface area contributed by atoms with Gasteiger partial charge >= 0.3 is 0 Å². The van der Waals surface area contributed by atoms with Crippen molar-refractivity contribution >= 4 is 28.9 Å². The number of nitro benzene ring substituents is 1. The normalized spacial score (nSPS) is 10.5. The number of nitrogens with zero attached hydrogens (tertiary/aromatic N) is 3. The second kappa shape index (κ2) is 6.74. The van der Waals surface area contributed by atoms with Gasteiger partial charge in [0.05, 0.1) is 11.3 Å². The Hall–Kier alpha value is -3.19. The number of rotatable bonds is 4. The Morgan fingerprint density at radius 2 is 2.08 bits per heavy atom. The first-order valence-corrected chi connectivity index (χ1v) is 7.68. The average Bonchev–Trinajstić information content (AvgIpc) is 3.12. The van der Waals surface area contributed by atoms with Crippen LogP contribution in [0.2, 0.25) is 5.02 Å². The SMILES string of the molecule is Cc1ccc(NC(=O)c2ccc(-n3ccnc3)c([N+](=O)[O-])c2)cc1Cl. The molecule has 7 nitrogen and oxygen atoms in total. The maximum Gasteiger partial charge on any atom is 0.294 e. The highest BCUT2D eigenvalue weighted by Crippen LogP contribution is 2.25. The zero-order valence-electron chi connectivity index (χ0n) is 13.1. The molecule has 0 aliphatic rings. The summed E-state index contributed by atoms with van der Waals surface area (Å²) in [6, 6.07) is 9.39. The van der Waals surface area contributed by atoms with E-state index in [0.29, 0.717) is 16.4 Å². The van der Waals surface area contributed by atoms with Crippen molar-refractivity contribution in [2.45, 2.75) is 6.92 Å². The van der Waals surface area contributed by atoms with Crippen LogP contribution in [-0.2, 0) is 0 Å². The number of nitrogens with one attached hydrogen (secondary N) is 1. The van der Waals surface area contributed by atoms with Crippen LogP contribution in [0.1, 0.15) is 15.9 Å². The van der Waals surface area contributed by atoms with Crippen LogP contribution in [0.3, 0.4) is 0 Å². The highest BCUT2D eigenvalue weighted by Gasteiger charge is 2.19. The van der Waals surface area contributed by atoms with Gasteiger partial charge in [0.2, 0.25) is 0 Å². The highest BCUT2D eigenvalue weighted by atomic mass is 35.5. The maximum atomic E-state index is 12.4. The number of nitro groups is 1. The molecule has 0 saturated heterocycles. The number of carbonyl (C=O) groups excluding carboxylic acids is 1. The van der Waals surface area contributed by atoms with Gasteiger partial charge in [0, 0.05) is 34.7 Å². The van der Waals surface area contributed by atoms with Crippen molar-refractivity contribution in [3.05, 3.63) is 81.4 Å².